The monoisotopic (exact) mass is 549 g/mol. The molecule has 4 amide bonds. The molecule has 0 fully saturated rings. The van der Waals surface area contributed by atoms with E-state index in [0.29, 0.717) is 11.4 Å². The second-order valence-electron chi connectivity index (χ2n) is 10.1. The van der Waals surface area contributed by atoms with Crippen molar-refractivity contribution in [3.05, 3.63) is 59.7 Å². The fourth-order valence-electron chi connectivity index (χ4n) is 5.04. The van der Waals surface area contributed by atoms with Crippen LogP contribution in [0.2, 0.25) is 0 Å². The molecule has 0 bridgehead atoms. The van der Waals surface area contributed by atoms with E-state index in [1.165, 1.54) is 23.1 Å². The van der Waals surface area contributed by atoms with E-state index in [1.807, 2.05) is 13.8 Å². The van der Waals surface area contributed by atoms with Crippen molar-refractivity contribution >= 4 is 40.8 Å². The number of rotatable bonds is 7. The van der Waals surface area contributed by atoms with Crippen molar-refractivity contribution in [3.63, 3.8) is 0 Å². The fraction of sp³-hybridized carbons (Fsp3) is 0.333. The third kappa shape index (κ3) is 4.52. The molecule has 3 aliphatic heterocycles. The van der Waals surface area contributed by atoms with E-state index in [1.54, 1.807) is 36.1 Å². The van der Waals surface area contributed by atoms with Gasteiger partial charge in [-0.3, -0.25) is 19.2 Å². The molecular formula is C27H28FN7O5. The van der Waals surface area contributed by atoms with Gasteiger partial charge in [0.05, 0.1) is 37.7 Å². The lowest BCUT2D eigenvalue weighted by molar-refractivity contribution is -0.145. The van der Waals surface area contributed by atoms with E-state index >= 15 is 0 Å². The number of hydrogen-bond acceptors (Lipinski definition) is 8. The summed E-state index contributed by atoms with van der Waals surface area (Å²) < 4.78 is 18.6. The molecule has 40 heavy (non-hydrogen) atoms. The van der Waals surface area contributed by atoms with Crippen LogP contribution in [0.3, 0.4) is 0 Å². The summed E-state index contributed by atoms with van der Waals surface area (Å²) in [6.45, 7) is 5.01. The molecule has 0 spiro atoms. The summed E-state index contributed by atoms with van der Waals surface area (Å²) in [5, 5.41) is 10.9. The van der Waals surface area contributed by atoms with Crippen LogP contribution in [-0.4, -0.2) is 81.0 Å². The number of nitrogens with one attached hydrogen (secondary N) is 2. The predicted octanol–water partition coefficient (Wildman–Crippen LogP) is 1.93. The summed E-state index contributed by atoms with van der Waals surface area (Å²) in [4.78, 5) is 60.5. The molecule has 2 N–H and O–H groups in total. The normalized spacial score (nSPS) is 20.1. The maximum absolute atomic E-state index is 13.6. The minimum absolute atomic E-state index is 0.0432. The van der Waals surface area contributed by atoms with Gasteiger partial charge >= 0.3 is 0 Å². The molecule has 0 saturated heterocycles. The van der Waals surface area contributed by atoms with Crippen LogP contribution in [-0.2, 0) is 19.2 Å². The summed E-state index contributed by atoms with van der Waals surface area (Å²) in [5.74, 6) is -1.99. The first-order chi connectivity index (χ1) is 19.0. The van der Waals surface area contributed by atoms with Gasteiger partial charge in [-0.2, -0.15) is 5.10 Å². The molecule has 5 rings (SSSR count). The zero-order valence-electron chi connectivity index (χ0n) is 22.4. The highest BCUT2D eigenvalue weighted by molar-refractivity contribution is 6.44. The number of aromatic nitrogens is 1. The number of carbonyl (C=O) groups is 4. The summed E-state index contributed by atoms with van der Waals surface area (Å²) in [6.07, 6.45) is 0.908. The number of benzene rings is 1. The molecular weight excluding hydrogens is 521 g/mol. The van der Waals surface area contributed by atoms with Gasteiger partial charge in [0.25, 0.3) is 17.7 Å². The Morgan fingerprint density at radius 1 is 1.12 bits per heavy atom. The second kappa shape index (κ2) is 10.1. The number of ether oxygens (including phenoxy) is 1. The standard InChI is InChI=1S/C27H28FN7O5/c1-15(2)33-13-17-23(26(33)39)34(14-22(36)31-21-10-9-16(28)12-29-21)27(3)11-19(32-35(27)25(17)38)24(37)30-18-7-5-6-8-20(18)40-4/h5-10,12,15H,11,13-14H2,1-4H3,(H,30,37)(H,29,31,36). The minimum atomic E-state index is -1.33. The van der Waals surface area contributed by atoms with Crippen molar-refractivity contribution in [2.75, 3.05) is 30.8 Å². The first kappa shape index (κ1) is 26.8. The topological polar surface area (TPSA) is 137 Å². The van der Waals surface area contributed by atoms with Crippen LogP contribution in [0.15, 0.2) is 59.0 Å². The van der Waals surface area contributed by atoms with Crippen LogP contribution in [0.1, 0.15) is 27.2 Å². The van der Waals surface area contributed by atoms with E-state index in [-0.39, 0.29) is 54.3 Å². The Labute approximate surface area is 229 Å². The summed E-state index contributed by atoms with van der Waals surface area (Å²) >= 11 is 0. The molecule has 0 aliphatic carbocycles. The van der Waals surface area contributed by atoms with Crippen molar-refractivity contribution in [1.29, 1.82) is 0 Å². The number of halogens is 1. The zero-order valence-corrected chi connectivity index (χ0v) is 22.4. The van der Waals surface area contributed by atoms with Crippen LogP contribution in [0, 0.1) is 5.82 Å². The van der Waals surface area contributed by atoms with Crippen molar-refractivity contribution in [3.8, 4) is 5.75 Å². The largest absolute Gasteiger partial charge is 0.495 e. The van der Waals surface area contributed by atoms with Crippen LogP contribution in [0.4, 0.5) is 15.9 Å². The van der Waals surface area contributed by atoms with Crippen LogP contribution < -0.4 is 15.4 Å². The highest BCUT2D eigenvalue weighted by Gasteiger charge is 2.57. The average molecular weight is 550 g/mol. The van der Waals surface area contributed by atoms with E-state index in [9.17, 15) is 23.6 Å². The van der Waals surface area contributed by atoms with Gasteiger partial charge in [-0.25, -0.2) is 14.4 Å². The average Bonchev–Trinajstić information content (AvgIpc) is 3.47. The molecule has 0 saturated carbocycles. The minimum Gasteiger partial charge on any atom is -0.495 e. The van der Waals surface area contributed by atoms with Gasteiger partial charge in [0.2, 0.25) is 5.91 Å². The molecule has 1 unspecified atom stereocenters. The Hall–Kier alpha value is -4.81. The molecule has 1 aromatic carbocycles. The van der Waals surface area contributed by atoms with Crippen LogP contribution in [0.25, 0.3) is 0 Å². The maximum Gasteiger partial charge on any atom is 0.276 e. The molecule has 0 radical (unpaired) electrons. The zero-order chi connectivity index (χ0) is 28.8. The lowest BCUT2D eigenvalue weighted by Crippen LogP contribution is -2.62. The number of para-hydroxylation sites is 2. The fourth-order valence-corrected chi connectivity index (χ4v) is 5.04. The van der Waals surface area contributed by atoms with E-state index in [4.69, 9.17) is 4.74 Å². The number of pyridine rings is 1. The number of fused-ring (bicyclic) bond motifs is 1. The first-order valence-electron chi connectivity index (χ1n) is 12.6. The van der Waals surface area contributed by atoms with Crippen LogP contribution >= 0.6 is 0 Å². The van der Waals surface area contributed by atoms with Gasteiger partial charge < -0.3 is 25.2 Å². The van der Waals surface area contributed by atoms with E-state index in [2.05, 4.69) is 20.7 Å². The number of anilines is 2. The van der Waals surface area contributed by atoms with Crippen molar-refractivity contribution in [1.82, 2.24) is 19.8 Å². The molecule has 13 heteroatoms. The van der Waals surface area contributed by atoms with Gasteiger partial charge in [0.1, 0.15) is 34.5 Å². The molecule has 2 aromatic rings. The second-order valence-corrected chi connectivity index (χ2v) is 10.1. The highest BCUT2D eigenvalue weighted by atomic mass is 19.1. The quantitative estimate of drug-likeness (QED) is 0.539. The van der Waals surface area contributed by atoms with Gasteiger partial charge in [0.15, 0.2) is 0 Å². The highest BCUT2D eigenvalue weighted by Crippen LogP contribution is 2.43. The first-order valence-corrected chi connectivity index (χ1v) is 12.6. The lowest BCUT2D eigenvalue weighted by atomic mass is 9.96. The number of hydrazone groups is 1. The Balaban J connectivity index is 1.46. The molecule has 1 atom stereocenters. The molecule has 3 aliphatic rings. The molecule has 1 aromatic heterocycles. The number of hydrogen-bond donors (Lipinski definition) is 2. The van der Waals surface area contributed by atoms with Gasteiger partial charge in [-0.15, -0.1) is 0 Å². The maximum atomic E-state index is 13.6. The van der Waals surface area contributed by atoms with Gasteiger partial charge in [0, 0.05) is 12.5 Å². The Kier molecular flexibility index (Phi) is 6.74. The predicted molar refractivity (Wildman–Crippen MR) is 142 cm³/mol. The number of amides is 4. The molecule has 4 heterocycles. The van der Waals surface area contributed by atoms with Crippen molar-refractivity contribution in [2.45, 2.75) is 38.9 Å². The third-order valence-electron chi connectivity index (χ3n) is 7.10. The van der Waals surface area contributed by atoms with Gasteiger partial charge in [-0.1, -0.05) is 12.1 Å². The number of nitrogens with zero attached hydrogens (tertiary/aromatic N) is 5. The van der Waals surface area contributed by atoms with Gasteiger partial charge in [-0.05, 0) is 45.0 Å². The van der Waals surface area contributed by atoms with E-state index in [0.717, 1.165) is 12.3 Å². The Morgan fingerprint density at radius 3 is 2.55 bits per heavy atom. The van der Waals surface area contributed by atoms with Crippen LogP contribution in [0.5, 0.6) is 5.75 Å². The molecule has 12 nitrogen and oxygen atoms in total. The summed E-state index contributed by atoms with van der Waals surface area (Å²) in [5.41, 5.74) is -0.577. The number of carbonyl (C=O) groups excluding carboxylic acids is 4. The Morgan fingerprint density at radius 2 is 1.88 bits per heavy atom. The lowest BCUT2D eigenvalue weighted by Gasteiger charge is -2.46. The summed E-state index contributed by atoms with van der Waals surface area (Å²) in [7, 11) is 1.48. The molecule has 208 valence electrons. The third-order valence-corrected chi connectivity index (χ3v) is 7.10. The van der Waals surface area contributed by atoms with Crippen molar-refractivity contribution in [2.24, 2.45) is 5.10 Å². The summed E-state index contributed by atoms with van der Waals surface area (Å²) in [6, 6.07) is 9.13. The van der Waals surface area contributed by atoms with E-state index < -0.39 is 29.2 Å². The Bertz CT molecular complexity index is 1470. The number of methoxy groups -OCH3 is 1. The SMILES string of the molecule is COc1ccccc1NC(=O)C1=NN2C(=O)C3=C(C(=O)N(C(C)C)C3)N(CC(=O)Nc3ccc(F)cn3)C2(C)C1. The van der Waals surface area contributed by atoms with Crippen molar-refractivity contribution < 1.29 is 28.3 Å². The smallest absolute Gasteiger partial charge is 0.276 e.